The topological polar surface area (TPSA) is 32.3 Å². The quantitative estimate of drug-likeness (QED) is 0.714. The van der Waals surface area contributed by atoms with Gasteiger partial charge in [0.15, 0.2) is 0 Å². The first-order valence-corrected chi connectivity index (χ1v) is 4.81. The molecule has 2 heteroatoms. The average Bonchev–Trinajstić information content (AvgIpc) is 2.71. The zero-order valence-electron chi connectivity index (χ0n) is 7.61. The second kappa shape index (κ2) is 3.90. The van der Waals surface area contributed by atoms with E-state index in [2.05, 4.69) is 5.32 Å². The minimum Gasteiger partial charge on any atom is -0.388 e. The molecule has 2 atom stereocenters. The Morgan fingerprint density at radius 2 is 2.08 bits per heavy atom. The van der Waals surface area contributed by atoms with E-state index < -0.39 is 0 Å². The van der Waals surface area contributed by atoms with Crippen molar-refractivity contribution in [2.45, 2.75) is 12.5 Å². The molecule has 2 unspecified atom stereocenters. The largest absolute Gasteiger partial charge is 0.388 e. The minimum atomic E-state index is -0.295. The molecule has 1 heterocycles. The molecule has 0 aliphatic carbocycles. The van der Waals surface area contributed by atoms with Crippen molar-refractivity contribution in [2.75, 3.05) is 13.1 Å². The fourth-order valence-electron chi connectivity index (χ4n) is 1.87. The summed E-state index contributed by atoms with van der Waals surface area (Å²) in [6.45, 7) is 1.98. The van der Waals surface area contributed by atoms with Crippen LogP contribution in [-0.2, 0) is 0 Å². The third kappa shape index (κ3) is 1.90. The molecule has 2 nitrogen and oxygen atoms in total. The molecule has 1 aromatic rings. The molecule has 0 bridgehead atoms. The molecule has 1 saturated heterocycles. The summed E-state index contributed by atoms with van der Waals surface area (Å²) in [5, 5.41) is 13.2. The van der Waals surface area contributed by atoms with Crippen LogP contribution in [0.3, 0.4) is 0 Å². The standard InChI is InChI=1S/C11H15NO/c13-11(10-6-7-12-8-10)9-4-2-1-3-5-9/h1-5,10-13H,6-8H2. The van der Waals surface area contributed by atoms with E-state index in [1.54, 1.807) is 0 Å². The second-order valence-corrected chi connectivity index (χ2v) is 3.61. The molecular formula is C11H15NO. The third-order valence-electron chi connectivity index (χ3n) is 2.69. The van der Waals surface area contributed by atoms with E-state index in [-0.39, 0.29) is 6.10 Å². The van der Waals surface area contributed by atoms with Gasteiger partial charge in [0, 0.05) is 12.5 Å². The van der Waals surface area contributed by atoms with Gasteiger partial charge in [0.2, 0.25) is 0 Å². The molecule has 1 aliphatic rings. The third-order valence-corrected chi connectivity index (χ3v) is 2.69. The second-order valence-electron chi connectivity index (χ2n) is 3.61. The van der Waals surface area contributed by atoms with Crippen molar-refractivity contribution < 1.29 is 5.11 Å². The van der Waals surface area contributed by atoms with Gasteiger partial charge in [0.25, 0.3) is 0 Å². The van der Waals surface area contributed by atoms with Crippen LogP contribution in [-0.4, -0.2) is 18.2 Å². The van der Waals surface area contributed by atoms with E-state index in [1.165, 1.54) is 0 Å². The first-order valence-electron chi connectivity index (χ1n) is 4.81. The van der Waals surface area contributed by atoms with Crippen LogP contribution in [0.25, 0.3) is 0 Å². The molecule has 0 amide bonds. The molecule has 70 valence electrons. The minimum absolute atomic E-state index is 0.295. The summed E-state index contributed by atoms with van der Waals surface area (Å²) in [6.07, 6.45) is 0.784. The summed E-state index contributed by atoms with van der Waals surface area (Å²) in [5.74, 6) is 0.391. The van der Waals surface area contributed by atoms with Gasteiger partial charge in [-0.25, -0.2) is 0 Å². The van der Waals surface area contributed by atoms with Gasteiger partial charge in [-0.05, 0) is 18.5 Å². The van der Waals surface area contributed by atoms with Gasteiger partial charge >= 0.3 is 0 Å². The van der Waals surface area contributed by atoms with Crippen molar-refractivity contribution in [1.29, 1.82) is 0 Å². The van der Waals surface area contributed by atoms with Crippen LogP contribution in [0.5, 0.6) is 0 Å². The first-order chi connectivity index (χ1) is 6.38. The highest BCUT2D eigenvalue weighted by atomic mass is 16.3. The Morgan fingerprint density at radius 3 is 2.69 bits per heavy atom. The number of aliphatic hydroxyl groups is 1. The van der Waals surface area contributed by atoms with E-state index in [0.717, 1.165) is 25.1 Å². The van der Waals surface area contributed by atoms with E-state index in [1.807, 2.05) is 30.3 Å². The van der Waals surface area contributed by atoms with Crippen LogP contribution in [0.4, 0.5) is 0 Å². The Labute approximate surface area is 78.6 Å². The molecular weight excluding hydrogens is 162 g/mol. The summed E-state index contributed by atoms with van der Waals surface area (Å²) < 4.78 is 0. The first kappa shape index (κ1) is 8.73. The average molecular weight is 177 g/mol. The van der Waals surface area contributed by atoms with Crippen LogP contribution >= 0.6 is 0 Å². The smallest absolute Gasteiger partial charge is 0.0830 e. The van der Waals surface area contributed by atoms with Crippen molar-refractivity contribution in [2.24, 2.45) is 5.92 Å². The maximum atomic E-state index is 9.98. The Balaban J connectivity index is 2.08. The van der Waals surface area contributed by atoms with Crippen LogP contribution in [0, 0.1) is 5.92 Å². The van der Waals surface area contributed by atoms with Gasteiger partial charge < -0.3 is 10.4 Å². The SMILES string of the molecule is OC(c1ccccc1)C1CCNC1. The van der Waals surface area contributed by atoms with E-state index in [9.17, 15) is 5.11 Å². The van der Waals surface area contributed by atoms with Crippen molar-refractivity contribution in [3.05, 3.63) is 35.9 Å². The lowest BCUT2D eigenvalue weighted by Gasteiger charge is -2.16. The molecule has 1 aromatic carbocycles. The highest BCUT2D eigenvalue weighted by Crippen LogP contribution is 2.25. The lowest BCUT2D eigenvalue weighted by Crippen LogP contribution is -2.15. The van der Waals surface area contributed by atoms with E-state index >= 15 is 0 Å². The zero-order valence-corrected chi connectivity index (χ0v) is 7.61. The normalized spacial score (nSPS) is 24.5. The summed E-state index contributed by atoms with van der Waals surface area (Å²) in [4.78, 5) is 0. The van der Waals surface area contributed by atoms with E-state index in [4.69, 9.17) is 0 Å². The zero-order chi connectivity index (χ0) is 9.10. The molecule has 2 rings (SSSR count). The predicted octanol–water partition coefficient (Wildman–Crippen LogP) is 1.33. The van der Waals surface area contributed by atoms with Gasteiger partial charge in [0.05, 0.1) is 6.10 Å². The summed E-state index contributed by atoms with van der Waals surface area (Å²) in [5.41, 5.74) is 1.04. The molecule has 13 heavy (non-hydrogen) atoms. The Morgan fingerprint density at radius 1 is 1.31 bits per heavy atom. The predicted molar refractivity (Wildman–Crippen MR) is 52.4 cm³/mol. The maximum absolute atomic E-state index is 9.98. The van der Waals surface area contributed by atoms with Crippen LogP contribution in [0.15, 0.2) is 30.3 Å². The van der Waals surface area contributed by atoms with Crippen molar-refractivity contribution >= 4 is 0 Å². The van der Waals surface area contributed by atoms with Crippen molar-refractivity contribution in [1.82, 2.24) is 5.32 Å². The van der Waals surface area contributed by atoms with Crippen LogP contribution < -0.4 is 5.32 Å². The molecule has 0 aromatic heterocycles. The van der Waals surface area contributed by atoms with Crippen molar-refractivity contribution in [3.63, 3.8) is 0 Å². The van der Waals surface area contributed by atoms with Gasteiger partial charge in [-0.1, -0.05) is 30.3 Å². The van der Waals surface area contributed by atoms with Gasteiger partial charge in [-0.15, -0.1) is 0 Å². The lowest BCUT2D eigenvalue weighted by atomic mass is 9.95. The summed E-state index contributed by atoms with van der Waals surface area (Å²) >= 11 is 0. The van der Waals surface area contributed by atoms with Gasteiger partial charge in [-0.3, -0.25) is 0 Å². The van der Waals surface area contributed by atoms with E-state index in [0.29, 0.717) is 5.92 Å². The fraction of sp³-hybridized carbons (Fsp3) is 0.455. The molecule has 1 aliphatic heterocycles. The fourth-order valence-corrected chi connectivity index (χ4v) is 1.87. The molecule has 0 spiro atoms. The molecule has 0 saturated carbocycles. The monoisotopic (exact) mass is 177 g/mol. The van der Waals surface area contributed by atoms with Gasteiger partial charge in [-0.2, -0.15) is 0 Å². The highest BCUT2D eigenvalue weighted by molar-refractivity contribution is 5.18. The number of benzene rings is 1. The Bertz CT molecular complexity index is 254. The lowest BCUT2D eigenvalue weighted by molar-refractivity contribution is 0.118. The van der Waals surface area contributed by atoms with Crippen LogP contribution in [0.1, 0.15) is 18.1 Å². The molecule has 1 fully saturated rings. The number of nitrogens with one attached hydrogen (secondary N) is 1. The summed E-state index contributed by atoms with van der Waals surface area (Å²) in [6, 6.07) is 9.90. The summed E-state index contributed by atoms with van der Waals surface area (Å²) in [7, 11) is 0. The number of aliphatic hydroxyl groups excluding tert-OH is 1. The molecule has 2 N–H and O–H groups in total. The number of rotatable bonds is 2. The van der Waals surface area contributed by atoms with Gasteiger partial charge in [0.1, 0.15) is 0 Å². The maximum Gasteiger partial charge on any atom is 0.0830 e. The molecule has 0 radical (unpaired) electrons. The van der Waals surface area contributed by atoms with Crippen LogP contribution in [0.2, 0.25) is 0 Å². The highest BCUT2D eigenvalue weighted by Gasteiger charge is 2.23. The Hall–Kier alpha value is -0.860. The Kier molecular flexibility index (Phi) is 2.62. The number of hydrogen-bond acceptors (Lipinski definition) is 2. The number of hydrogen-bond donors (Lipinski definition) is 2. The van der Waals surface area contributed by atoms with Crippen molar-refractivity contribution in [3.8, 4) is 0 Å².